The van der Waals surface area contributed by atoms with Crippen molar-refractivity contribution in [3.8, 4) is 0 Å². The minimum atomic E-state index is -1.30. The molecular weight excluding hydrogens is 276 g/mol. The molecule has 0 bridgehead atoms. The molecule has 126 valence electrons. The van der Waals surface area contributed by atoms with E-state index >= 15 is 0 Å². The smallest absolute Gasteiger partial charge is 0.115 e. The molecule has 0 aromatic rings. The Kier molecular flexibility index (Phi) is 8.70. The van der Waals surface area contributed by atoms with Crippen LogP contribution in [0.5, 0.6) is 0 Å². The predicted octanol–water partition coefficient (Wildman–Crippen LogP) is 0.468. The molecule has 0 aliphatic heterocycles. The average Bonchev–Trinajstić information content (AvgIpc) is 2.49. The molecule has 3 N–H and O–H groups in total. The lowest BCUT2D eigenvalue weighted by Gasteiger charge is -2.45. The van der Waals surface area contributed by atoms with E-state index in [-0.39, 0.29) is 0 Å². The van der Waals surface area contributed by atoms with Crippen LogP contribution < -0.4 is 0 Å². The van der Waals surface area contributed by atoms with Crippen LogP contribution in [0.4, 0.5) is 0 Å². The Balaban J connectivity index is 2.87. The highest BCUT2D eigenvalue weighted by Crippen LogP contribution is 2.28. The van der Waals surface area contributed by atoms with Crippen molar-refractivity contribution in [2.75, 3.05) is 19.8 Å². The number of ether oxygens (including phenoxy) is 3. The van der Waals surface area contributed by atoms with Crippen molar-refractivity contribution in [3.05, 3.63) is 0 Å². The third-order valence-electron chi connectivity index (χ3n) is 3.56. The molecule has 1 aliphatic rings. The van der Waals surface area contributed by atoms with Crippen LogP contribution in [-0.2, 0) is 14.2 Å². The molecule has 0 saturated heterocycles. The Morgan fingerprint density at radius 2 is 0.905 bits per heavy atom. The minimum absolute atomic E-state index is 0.455. The van der Waals surface area contributed by atoms with Gasteiger partial charge in [0.05, 0.1) is 0 Å². The van der Waals surface area contributed by atoms with Gasteiger partial charge < -0.3 is 29.5 Å². The molecule has 0 radical (unpaired) electrons. The summed E-state index contributed by atoms with van der Waals surface area (Å²) in [6, 6.07) is 0. The predicted molar refractivity (Wildman–Crippen MR) is 78.1 cm³/mol. The van der Waals surface area contributed by atoms with Gasteiger partial charge in [-0.1, -0.05) is 20.8 Å². The number of aliphatic hydroxyl groups excluding tert-OH is 3. The highest BCUT2D eigenvalue weighted by Gasteiger charge is 2.51. The summed E-state index contributed by atoms with van der Waals surface area (Å²) in [4.78, 5) is 0. The van der Waals surface area contributed by atoms with Crippen molar-refractivity contribution >= 4 is 0 Å². The second kappa shape index (κ2) is 9.71. The van der Waals surface area contributed by atoms with Gasteiger partial charge in [-0.15, -0.1) is 0 Å². The van der Waals surface area contributed by atoms with E-state index in [0.717, 1.165) is 19.3 Å². The molecular formula is C15H30O6. The van der Waals surface area contributed by atoms with Crippen LogP contribution in [0.2, 0.25) is 0 Å². The number of rotatable bonds is 9. The van der Waals surface area contributed by atoms with E-state index in [1.54, 1.807) is 0 Å². The summed E-state index contributed by atoms with van der Waals surface area (Å²) in [7, 11) is 0. The van der Waals surface area contributed by atoms with Gasteiger partial charge in [0.15, 0.2) is 0 Å². The molecule has 1 saturated carbocycles. The summed E-state index contributed by atoms with van der Waals surface area (Å²) in [6.45, 7) is 7.31. The van der Waals surface area contributed by atoms with E-state index in [1.165, 1.54) is 0 Å². The summed E-state index contributed by atoms with van der Waals surface area (Å²) in [6.07, 6.45) is -3.25. The molecule has 6 atom stereocenters. The molecule has 1 fully saturated rings. The Labute approximate surface area is 127 Å². The lowest BCUT2D eigenvalue weighted by molar-refractivity contribution is -0.256. The second-order valence-electron chi connectivity index (χ2n) is 5.48. The van der Waals surface area contributed by atoms with Gasteiger partial charge in [-0.25, -0.2) is 0 Å². The van der Waals surface area contributed by atoms with Crippen molar-refractivity contribution in [1.29, 1.82) is 0 Å². The van der Waals surface area contributed by atoms with Crippen molar-refractivity contribution < 1.29 is 29.5 Å². The molecule has 1 rings (SSSR count). The first-order valence-corrected chi connectivity index (χ1v) is 7.97. The maximum absolute atomic E-state index is 10.2. The summed E-state index contributed by atoms with van der Waals surface area (Å²) in [5.74, 6) is 0. The average molecular weight is 306 g/mol. The molecule has 6 nitrogen and oxygen atoms in total. The molecule has 1 aliphatic carbocycles. The van der Waals surface area contributed by atoms with Crippen LogP contribution in [0, 0.1) is 0 Å². The van der Waals surface area contributed by atoms with Crippen LogP contribution in [0.25, 0.3) is 0 Å². The Hall–Kier alpha value is -0.240. The normalized spacial score (nSPS) is 36.9. The van der Waals surface area contributed by atoms with Crippen LogP contribution in [0.15, 0.2) is 0 Å². The zero-order valence-corrected chi connectivity index (χ0v) is 13.3. The van der Waals surface area contributed by atoms with Crippen LogP contribution in [0.1, 0.15) is 40.0 Å². The lowest BCUT2D eigenvalue weighted by Crippen LogP contribution is -2.65. The van der Waals surface area contributed by atoms with Crippen molar-refractivity contribution in [3.63, 3.8) is 0 Å². The number of hydrogen-bond acceptors (Lipinski definition) is 6. The molecule has 0 aromatic heterocycles. The van der Waals surface area contributed by atoms with Gasteiger partial charge >= 0.3 is 0 Å². The SMILES string of the molecule is CCCO[C@H]1[C@H](OCCC)[C@H](O)[C@H](O)[C@@H](O)[C@@H]1OCCC. The summed E-state index contributed by atoms with van der Waals surface area (Å²) in [5.41, 5.74) is 0. The first-order chi connectivity index (χ1) is 10.1. The third kappa shape index (κ3) is 4.87. The standard InChI is InChI=1S/C15H30O6/c1-4-7-19-13-11(17)10(16)12(18)14(20-8-5-2)15(13)21-9-6-3/h10-18H,4-9H2,1-3H3/t10-,11-,12-,13+,14-,15-/m1/s1. The third-order valence-corrected chi connectivity index (χ3v) is 3.56. The lowest BCUT2D eigenvalue weighted by atomic mass is 9.84. The highest BCUT2D eigenvalue weighted by atomic mass is 16.6. The first-order valence-electron chi connectivity index (χ1n) is 7.97. The van der Waals surface area contributed by atoms with Gasteiger partial charge in [0.25, 0.3) is 0 Å². The van der Waals surface area contributed by atoms with E-state index in [4.69, 9.17) is 14.2 Å². The second-order valence-corrected chi connectivity index (χ2v) is 5.48. The Morgan fingerprint density at radius 3 is 1.24 bits per heavy atom. The fraction of sp³-hybridized carbons (Fsp3) is 1.00. The van der Waals surface area contributed by atoms with E-state index in [0.29, 0.717) is 19.8 Å². The van der Waals surface area contributed by atoms with Crippen molar-refractivity contribution in [1.82, 2.24) is 0 Å². The Bertz CT molecular complexity index is 253. The van der Waals surface area contributed by atoms with Gasteiger partial charge in [0, 0.05) is 19.8 Å². The summed E-state index contributed by atoms with van der Waals surface area (Å²) in [5, 5.41) is 30.4. The first kappa shape index (κ1) is 18.8. The van der Waals surface area contributed by atoms with Gasteiger partial charge in [-0.05, 0) is 19.3 Å². The molecule has 21 heavy (non-hydrogen) atoms. The van der Waals surface area contributed by atoms with Gasteiger partial charge in [-0.3, -0.25) is 0 Å². The quantitative estimate of drug-likeness (QED) is 0.574. The molecule has 0 aromatic carbocycles. The Morgan fingerprint density at radius 1 is 0.571 bits per heavy atom. The van der Waals surface area contributed by atoms with E-state index < -0.39 is 36.6 Å². The van der Waals surface area contributed by atoms with Crippen LogP contribution >= 0.6 is 0 Å². The van der Waals surface area contributed by atoms with E-state index in [2.05, 4.69) is 0 Å². The van der Waals surface area contributed by atoms with Crippen molar-refractivity contribution in [2.24, 2.45) is 0 Å². The van der Waals surface area contributed by atoms with Crippen LogP contribution in [-0.4, -0.2) is 71.8 Å². The van der Waals surface area contributed by atoms with E-state index in [1.807, 2.05) is 20.8 Å². The molecule has 0 heterocycles. The zero-order valence-electron chi connectivity index (χ0n) is 13.3. The van der Waals surface area contributed by atoms with Crippen LogP contribution in [0.3, 0.4) is 0 Å². The fourth-order valence-corrected chi connectivity index (χ4v) is 2.50. The maximum Gasteiger partial charge on any atom is 0.115 e. The number of aliphatic hydroxyl groups is 3. The molecule has 0 spiro atoms. The zero-order chi connectivity index (χ0) is 15.8. The molecule has 0 unspecified atom stereocenters. The topological polar surface area (TPSA) is 88.4 Å². The number of hydrogen-bond donors (Lipinski definition) is 3. The van der Waals surface area contributed by atoms with Gasteiger partial charge in [0.1, 0.15) is 36.6 Å². The monoisotopic (exact) mass is 306 g/mol. The highest BCUT2D eigenvalue weighted by molar-refractivity contribution is 5.01. The minimum Gasteiger partial charge on any atom is -0.387 e. The van der Waals surface area contributed by atoms with Gasteiger partial charge in [-0.2, -0.15) is 0 Å². The molecule has 6 heteroatoms. The molecule has 0 amide bonds. The summed E-state index contributed by atoms with van der Waals surface area (Å²) < 4.78 is 17.1. The van der Waals surface area contributed by atoms with E-state index in [9.17, 15) is 15.3 Å². The maximum atomic E-state index is 10.2. The largest absolute Gasteiger partial charge is 0.387 e. The van der Waals surface area contributed by atoms with Gasteiger partial charge in [0.2, 0.25) is 0 Å². The van der Waals surface area contributed by atoms with Crippen molar-refractivity contribution in [2.45, 2.75) is 76.7 Å². The fourth-order valence-electron chi connectivity index (χ4n) is 2.50. The summed E-state index contributed by atoms with van der Waals surface area (Å²) >= 11 is 0.